The van der Waals surface area contributed by atoms with Crippen molar-refractivity contribution < 1.29 is 22.7 Å². The molecule has 0 aliphatic carbocycles. The number of hydrogen-bond donors (Lipinski definition) is 3. The third kappa shape index (κ3) is 5.89. The minimum atomic E-state index is -4.56. The minimum Gasteiger partial charge on any atom is -0.457 e. The number of anilines is 2. The first-order valence-corrected chi connectivity index (χ1v) is 9.13. The van der Waals surface area contributed by atoms with E-state index in [0.29, 0.717) is 17.2 Å². The lowest BCUT2D eigenvalue weighted by Crippen LogP contribution is -2.12. The Bertz CT molecular complexity index is 1120. The number of nitrogens with two attached hydrogens (primary N) is 1. The van der Waals surface area contributed by atoms with Crippen LogP contribution in [0.5, 0.6) is 11.5 Å². The summed E-state index contributed by atoms with van der Waals surface area (Å²) in [6.45, 7) is 3.76. The molecule has 0 aliphatic heterocycles. The lowest BCUT2D eigenvalue weighted by molar-refractivity contribution is -0.137. The van der Waals surface area contributed by atoms with Crippen molar-refractivity contribution in [2.45, 2.75) is 6.18 Å². The number of benzene rings is 2. The smallest absolute Gasteiger partial charge is 0.417 e. The van der Waals surface area contributed by atoms with Gasteiger partial charge in [-0.05, 0) is 48.5 Å². The van der Waals surface area contributed by atoms with Gasteiger partial charge in [0, 0.05) is 23.6 Å². The van der Waals surface area contributed by atoms with Crippen LogP contribution in [0.2, 0.25) is 5.02 Å². The zero-order chi connectivity index (χ0) is 22.6. The summed E-state index contributed by atoms with van der Waals surface area (Å²) in [6.07, 6.45) is -3.16. The fourth-order valence-corrected chi connectivity index (χ4v) is 2.78. The monoisotopic (exact) mass is 448 g/mol. The van der Waals surface area contributed by atoms with Gasteiger partial charge in [0.05, 0.1) is 10.6 Å². The normalized spacial score (nSPS) is 11.0. The maximum atomic E-state index is 13.0. The summed E-state index contributed by atoms with van der Waals surface area (Å²) in [5.74, 6) is 0.459. The molecule has 0 unspecified atom stereocenters. The molecule has 0 saturated heterocycles. The van der Waals surface area contributed by atoms with E-state index in [2.05, 4.69) is 22.2 Å². The Morgan fingerprint density at radius 2 is 1.65 bits per heavy atom. The summed E-state index contributed by atoms with van der Waals surface area (Å²) in [5, 5.41) is 5.30. The van der Waals surface area contributed by atoms with Crippen molar-refractivity contribution in [3.63, 3.8) is 0 Å². The average Bonchev–Trinajstić information content (AvgIpc) is 2.70. The summed E-state index contributed by atoms with van der Waals surface area (Å²) >= 11 is 5.62. The van der Waals surface area contributed by atoms with Gasteiger partial charge in [0.15, 0.2) is 0 Å². The van der Waals surface area contributed by atoms with E-state index < -0.39 is 17.6 Å². The van der Waals surface area contributed by atoms with Gasteiger partial charge < -0.3 is 21.1 Å². The molecule has 2 aromatic carbocycles. The van der Waals surface area contributed by atoms with Crippen LogP contribution in [0, 0.1) is 0 Å². The SMILES string of the molecule is C=C(Nc1ccc(Oc2ccnc(C(N)=O)c2)cc1)Nc1ccc(Cl)c(C(F)(F)F)c1. The van der Waals surface area contributed by atoms with Crippen molar-refractivity contribution in [3.05, 3.63) is 89.5 Å². The second-order valence-corrected chi connectivity index (χ2v) is 6.70. The summed E-state index contributed by atoms with van der Waals surface area (Å²) < 4.78 is 44.6. The van der Waals surface area contributed by atoms with Gasteiger partial charge in [-0.1, -0.05) is 18.2 Å². The van der Waals surface area contributed by atoms with Crippen LogP contribution in [-0.2, 0) is 6.18 Å². The van der Waals surface area contributed by atoms with Crippen LogP contribution in [0.1, 0.15) is 16.1 Å². The predicted molar refractivity (Wildman–Crippen MR) is 112 cm³/mol. The number of amides is 1. The van der Waals surface area contributed by atoms with Gasteiger partial charge in [-0.15, -0.1) is 0 Å². The molecule has 0 aliphatic rings. The van der Waals surface area contributed by atoms with Crippen LogP contribution in [-0.4, -0.2) is 10.9 Å². The lowest BCUT2D eigenvalue weighted by Gasteiger charge is -2.15. The highest BCUT2D eigenvalue weighted by atomic mass is 35.5. The number of alkyl halides is 3. The van der Waals surface area contributed by atoms with Crippen LogP contribution in [0.3, 0.4) is 0 Å². The van der Waals surface area contributed by atoms with E-state index in [1.807, 2.05) is 0 Å². The van der Waals surface area contributed by atoms with Crippen LogP contribution in [0.15, 0.2) is 73.2 Å². The minimum absolute atomic E-state index is 0.0778. The second kappa shape index (κ2) is 8.97. The molecule has 1 aromatic heterocycles. The first-order valence-electron chi connectivity index (χ1n) is 8.75. The molecule has 0 bridgehead atoms. The van der Waals surface area contributed by atoms with Gasteiger partial charge >= 0.3 is 6.18 Å². The molecular weight excluding hydrogens is 433 g/mol. The van der Waals surface area contributed by atoms with Gasteiger partial charge in [0.2, 0.25) is 0 Å². The average molecular weight is 449 g/mol. The number of carbonyl (C=O) groups is 1. The second-order valence-electron chi connectivity index (χ2n) is 6.29. The Morgan fingerprint density at radius 1 is 1.00 bits per heavy atom. The van der Waals surface area contributed by atoms with E-state index in [1.54, 1.807) is 30.3 Å². The van der Waals surface area contributed by atoms with E-state index in [0.717, 1.165) is 12.1 Å². The number of ether oxygens (including phenoxy) is 1. The Hall–Kier alpha value is -3.72. The number of aromatic nitrogens is 1. The van der Waals surface area contributed by atoms with E-state index >= 15 is 0 Å². The van der Waals surface area contributed by atoms with Crippen LogP contribution >= 0.6 is 11.6 Å². The Morgan fingerprint density at radius 3 is 2.29 bits per heavy atom. The maximum Gasteiger partial charge on any atom is 0.417 e. The molecule has 0 spiro atoms. The number of pyridine rings is 1. The molecule has 31 heavy (non-hydrogen) atoms. The first-order chi connectivity index (χ1) is 14.6. The number of nitrogens with one attached hydrogen (secondary N) is 2. The molecule has 1 amide bonds. The molecule has 10 heteroatoms. The van der Waals surface area contributed by atoms with Crippen LogP contribution in [0.25, 0.3) is 0 Å². The number of rotatable bonds is 7. The predicted octanol–water partition coefficient (Wildman–Crippen LogP) is 5.64. The molecule has 1 heterocycles. The third-order valence-corrected chi connectivity index (χ3v) is 4.27. The molecule has 0 saturated carbocycles. The van der Waals surface area contributed by atoms with Crippen molar-refractivity contribution in [1.29, 1.82) is 0 Å². The highest BCUT2D eigenvalue weighted by Gasteiger charge is 2.33. The Balaban J connectivity index is 1.63. The van der Waals surface area contributed by atoms with Crippen molar-refractivity contribution in [1.82, 2.24) is 4.98 Å². The lowest BCUT2D eigenvalue weighted by atomic mass is 10.2. The first kappa shape index (κ1) is 22.0. The van der Waals surface area contributed by atoms with Crippen molar-refractivity contribution in [2.24, 2.45) is 5.73 Å². The van der Waals surface area contributed by atoms with Crippen molar-refractivity contribution in [3.8, 4) is 11.5 Å². The maximum absolute atomic E-state index is 13.0. The summed E-state index contributed by atoms with van der Waals surface area (Å²) in [4.78, 5) is 15.0. The molecule has 3 aromatic rings. The van der Waals surface area contributed by atoms with Crippen molar-refractivity contribution >= 4 is 28.9 Å². The summed E-state index contributed by atoms with van der Waals surface area (Å²) in [5.41, 5.74) is 5.12. The molecule has 0 fully saturated rings. The topological polar surface area (TPSA) is 89.3 Å². The highest BCUT2D eigenvalue weighted by Crippen LogP contribution is 2.36. The number of carbonyl (C=O) groups excluding carboxylic acids is 1. The summed E-state index contributed by atoms with van der Waals surface area (Å²) in [6, 6.07) is 13.1. The number of primary amides is 1. The standard InChI is InChI=1S/C21H16ClF3N4O2/c1-12(29-14-4-7-18(22)17(10-14)21(23,24)25)28-13-2-5-15(6-3-13)31-16-8-9-27-19(11-16)20(26)30/h2-11,28-29H,1H2,(H2,26,30). The Kier molecular flexibility index (Phi) is 6.36. The Labute approximate surface area is 180 Å². The van der Waals surface area contributed by atoms with E-state index in [4.69, 9.17) is 22.1 Å². The van der Waals surface area contributed by atoms with Crippen LogP contribution < -0.4 is 21.1 Å². The largest absolute Gasteiger partial charge is 0.457 e. The van der Waals surface area contributed by atoms with Gasteiger partial charge in [0.1, 0.15) is 23.0 Å². The number of hydrogen-bond acceptors (Lipinski definition) is 5. The molecule has 160 valence electrons. The van der Waals surface area contributed by atoms with E-state index in [1.165, 1.54) is 18.3 Å². The van der Waals surface area contributed by atoms with Crippen molar-refractivity contribution in [2.75, 3.05) is 10.6 Å². The number of halogens is 4. The molecule has 6 nitrogen and oxygen atoms in total. The number of nitrogens with zero attached hydrogens (tertiary/aromatic N) is 1. The molecule has 0 atom stereocenters. The zero-order valence-electron chi connectivity index (χ0n) is 15.8. The quantitative estimate of drug-likeness (QED) is 0.435. The molecule has 3 rings (SSSR count). The van der Waals surface area contributed by atoms with Gasteiger partial charge in [0.25, 0.3) is 5.91 Å². The molecule has 0 radical (unpaired) electrons. The fraction of sp³-hybridized carbons (Fsp3) is 0.0476. The van der Waals surface area contributed by atoms with Gasteiger partial charge in [-0.3, -0.25) is 9.78 Å². The summed E-state index contributed by atoms with van der Waals surface area (Å²) in [7, 11) is 0. The highest BCUT2D eigenvalue weighted by molar-refractivity contribution is 6.31. The third-order valence-electron chi connectivity index (χ3n) is 3.94. The fourth-order valence-electron chi connectivity index (χ4n) is 2.55. The van der Waals surface area contributed by atoms with Gasteiger partial charge in [-0.25, -0.2) is 0 Å². The molecular formula is C21H16ClF3N4O2. The van der Waals surface area contributed by atoms with Gasteiger partial charge in [-0.2, -0.15) is 13.2 Å². The zero-order valence-corrected chi connectivity index (χ0v) is 16.6. The molecule has 4 N–H and O–H groups in total. The van der Waals surface area contributed by atoms with Crippen LogP contribution in [0.4, 0.5) is 24.5 Å². The van der Waals surface area contributed by atoms with E-state index in [-0.39, 0.29) is 22.2 Å². The van der Waals surface area contributed by atoms with E-state index in [9.17, 15) is 18.0 Å².